The molecule has 0 aliphatic heterocycles. The van der Waals surface area contributed by atoms with Gasteiger partial charge in [0.2, 0.25) is 0 Å². The molecule has 1 rings (SSSR count). The van der Waals surface area contributed by atoms with E-state index in [-0.39, 0.29) is 11.5 Å². The van der Waals surface area contributed by atoms with Gasteiger partial charge in [-0.25, -0.2) is 0 Å². The van der Waals surface area contributed by atoms with Gasteiger partial charge in [-0.05, 0) is 24.3 Å². The van der Waals surface area contributed by atoms with Crippen LogP contribution in [-0.4, -0.2) is 16.0 Å². The Morgan fingerprint density at radius 1 is 1.17 bits per heavy atom. The second-order valence-corrected chi connectivity index (χ2v) is 3.70. The van der Waals surface area contributed by atoms with Gasteiger partial charge in [0.1, 0.15) is 11.5 Å². The van der Waals surface area contributed by atoms with Crippen LogP contribution in [0.1, 0.15) is 13.3 Å². The molecule has 0 bridgehead atoms. The highest BCUT2D eigenvalue weighted by Crippen LogP contribution is 2.27. The molecule has 0 saturated heterocycles. The molecule has 0 spiro atoms. The summed E-state index contributed by atoms with van der Waals surface area (Å²) in [7, 11) is 0. The van der Waals surface area contributed by atoms with E-state index in [1.165, 1.54) is 6.07 Å². The zero-order valence-electron chi connectivity index (χ0n) is 6.95. The number of rotatable bonds is 3. The topological polar surface area (TPSA) is 40.5 Å². The van der Waals surface area contributed by atoms with Crippen LogP contribution in [-0.2, 0) is 0 Å². The van der Waals surface area contributed by atoms with Crippen molar-refractivity contribution >= 4 is 11.8 Å². The van der Waals surface area contributed by atoms with Gasteiger partial charge in [-0.3, -0.25) is 0 Å². The lowest BCUT2D eigenvalue weighted by Gasteiger charge is -2.01. The van der Waals surface area contributed by atoms with E-state index < -0.39 is 0 Å². The fraction of sp³-hybridized carbons (Fsp3) is 0.333. The fourth-order valence-electron chi connectivity index (χ4n) is 0.871. The van der Waals surface area contributed by atoms with E-state index in [2.05, 4.69) is 6.92 Å². The number of hydrogen-bond donors (Lipinski definition) is 2. The number of aromatic hydroxyl groups is 2. The predicted octanol–water partition coefficient (Wildman–Crippen LogP) is 2.60. The first kappa shape index (κ1) is 9.26. The Morgan fingerprint density at radius 3 is 2.25 bits per heavy atom. The van der Waals surface area contributed by atoms with Crippen molar-refractivity contribution < 1.29 is 10.2 Å². The summed E-state index contributed by atoms with van der Waals surface area (Å²) in [4.78, 5) is 0.911. The molecule has 0 saturated carbocycles. The molecular weight excluding hydrogens is 172 g/mol. The zero-order valence-corrected chi connectivity index (χ0v) is 7.77. The average Bonchev–Trinajstić information content (AvgIpc) is 1.99. The van der Waals surface area contributed by atoms with Crippen LogP contribution in [0, 0.1) is 0 Å². The fourth-order valence-corrected chi connectivity index (χ4v) is 1.72. The van der Waals surface area contributed by atoms with Crippen molar-refractivity contribution in [3.05, 3.63) is 18.2 Å². The molecule has 0 heterocycles. The maximum atomic E-state index is 9.12. The molecule has 1 aromatic rings. The summed E-state index contributed by atoms with van der Waals surface area (Å²) in [6.45, 7) is 2.09. The average molecular weight is 184 g/mol. The maximum Gasteiger partial charge on any atom is 0.120 e. The molecule has 0 fully saturated rings. The third-order valence-corrected chi connectivity index (χ3v) is 2.53. The SMILES string of the molecule is CCCSc1cc(O)cc(O)c1. The van der Waals surface area contributed by atoms with Crippen LogP contribution < -0.4 is 0 Å². The van der Waals surface area contributed by atoms with Gasteiger partial charge in [0.15, 0.2) is 0 Å². The molecule has 2 nitrogen and oxygen atoms in total. The minimum absolute atomic E-state index is 0.119. The predicted molar refractivity (Wildman–Crippen MR) is 50.8 cm³/mol. The number of thioether (sulfide) groups is 1. The van der Waals surface area contributed by atoms with Crippen molar-refractivity contribution in [3.8, 4) is 11.5 Å². The van der Waals surface area contributed by atoms with Crippen LogP contribution in [0.2, 0.25) is 0 Å². The minimum atomic E-state index is 0.119. The lowest BCUT2D eigenvalue weighted by molar-refractivity contribution is 0.448. The zero-order chi connectivity index (χ0) is 8.97. The lowest BCUT2D eigenvalue weighted by atomic mass is 10.3. The summed E-state index contributed by atoms with van der Waals surface area (Å²) >= 11 is 1.63. The van der Waals surface area contributed by atoms with E-state index in [1.807, 2.05) is 0 Å². The summed E-state index contributed by atoms with van der Waals surface area (Å²) in [5.74, 6) is 1.24. The van der Waals surface area contributed by atoms with Crippen molar-refractivity contribution in [3.63, 3.8) is 0 Å². The van der Waals surface area contributed by atoms with Crippen LogP contribution in [0.15, 0.2) is 23.1 Å². The first-order valence-corrected chi connectivity index (χ1v) is 4.86. The molecular formula is C9H12O2S. The third-order valence-electron chi connectivity index (χ3n) is 1.35. The molecule has 0 aliphatic carbocycles. The Bertz CT molecular complexity index is 240. The highest BCUT2D eigenvalue weighted by atomic mass is 32.2. The molecule has 0 atom stereocenters. The van der Waals surface area contributed by atoms with Crippen LogP contribution >= 0.6 is 11.8 Å². The van der Waals surface area contributed by atoms with E-state index in [0.29, 0.717) is 0 Å². The van der Waals surface area contributed by atoms with Gasteiger partial charge in [-0.1, -0.05) is 6.92 Å². The van der Waals surface area contributed by atoms with Gasteiger partial charge in [-0.2, -0.15) is 0 Å². The first-order chi connectivity index (χ1) is 5.72. The van der Waals surface area contributed by atoms with Crippen molar-refractivity contribution in [2.45, 2.75) is 18.2 Å². The largest absolute Gasteiger partial charge is 0.508 e. The quantitative estimate of drug-likeness (QED) is 0.709. The van der Waals surface area contributed by atoms with Crippen molar-refractivity contribution in [1.29, 1.82) is 0 Å². The van der Waals surface area contributed by atoms with Gasteiger partial charge in [-0.15, -0.1) is 11.8 Å². The molecule has 0 unspecified atom stereocenters. The van der Waals surface area contributed by atoms with Crippen LogP contribution in [0.3, 0.4) is 0 Å². The number of phenolic OH excluding ortho intramolecular Hbond substituents is 2. The van der Waals surface area contributed by atoms with Gasteiger partial charge in [0.25, 0.3) is 0 Å². The van der Waals surface area contributed by atoms with E-state index >= 15 is 0 Å². The summed E-state index contributed by atoms with van der Waals surface area (Å²) in [6.07, 6.45) is 1.08. The number of hydrogen-bond acceptors (Lipinski definition) is 3. The van der Waals surface area contributed by atoms with Gasteiger partial charge in [0, 0.05) is 11.0 Å². The number of benzene rings is 1. The first-order valence-electron chi connectivity index (χ1n) is 3.88. The summed E-state index contributed by atoms with van der Waals surface area (Å²) in [5.41, 5.74) is 0. The molecule has 66 valence electrons. The van der Waals surface area contributed by atoms with Crippen LogP contribution in [0.5, 0.6) is 11.5 Å². The lowest BCUT2D eigenvalue weighted by Crippen LogP contribution is -1.76. The Hall–Kier alpha value is -0.830. The monoisotopic (exact) mass is 184 g/mol. The minimum Gasteiger partial charge on any atom is -0.508 e. The summed E-state index contributed by atoms with van der Waals surface area (Å²) in [5, 5.41) is 18.2. The molecule has 1 aromatic carbocycles. The van der Waals surface area contributed by atoms with Gasteiger partial charge in [0.05, 0.1) is 0 Å². The number of phenols is 2. The second kappa shape index (κ2) is 4.26. The van der Waals surface area contributed by atoms with Crippen LogP contribution in [0.4, 0.5) is 0 Å². The Kier molecular flexibility index (Phi) is 3.29. The van der Waals surface area contributed by atoms with E-state index in [0.717, 1.165) is 17.1 Å². The summed E-state index contributed by atoms with van der Waals surface area (Å²) < 4.78 is 0. The standard InChI is InChI=1S/C9H12O2S/c1-2-3-12-9-5-7(10)4-8(11)6-9/h4-6,10-11H,2-3H2,1H3. The Morgan fingerprint density at radius 2 is 1.75 bits per heavy atom. The van der Waals surface area contributed by atoms with E-state index in [1.54, 1.807) is 23.9 Å². The second-order valence-electron chi connectivity index (χ2n) is 2.53. The van der Waals surface area contributed by atoms with E-state index in [9.17, 15) is 0 Å². The summed E-state index contributed by atoms with van der Waals surface area (Å²) in [6, 6.07) is 4.64. The molecule has 12 heavy (non-hydrogen) atoms. The highest BCUT2D eigenvalue weighted by Gasteiger charge is 1.98. The Balaban J connectivity index is 2.72. The van der Waals surface area contributed by atoms with Crippen molar-refractivity contribution in [2.75, 3.05) is 5.75 Å². The molecule has 0 radical (unpaired) electrons. The Labute approximate surface area is 76.2 Å². The molecule has 0 aromatic heterocycles. The van der Waals surface area contributed by atoms with Crippen LogP contribution in [0.25, 0.3) is 0 Å². The van der Waals surface area contributed by atoms with Crippen molar-refractivity contribution in [1.82, 2.24) is 0 Å². The molecule has 2 N–H and O–H groups in total. The third kappa shape index (κ3) is 2.66. The van der Waals surface area contributed by atoms with Crippen molar-refractivity contribution in [2.24, 2.45) is 0 Å². The smallest absolute Gasteiger partial charge is 0.120 e. The molecule has 0 amide bonds. The van der Waals surface area contributed by atoms with Gasteiger partial charge >= 0.3 is 0 Å². The highest BCUT2D eigenvalue weighted by molar-refractivity contribution is 7.99. The normalized spacial score (nSPS) is 10.1. The van der Waals surface area contributed by atoms with E-state index in [4.69, 9.17) is 10.2 Å². The maximum absolute atomic E-state index is 9.12. The molecule has 0 aliphatic rings. The molecule has 3 heteroatoms. The van der Waals surface area contributed by atoms with Gasteiger partial charge < -0.3 is 10.2 Å².